The van der Waals surface area contributed by atoms with Crippen LogP contribution in [0.25, 0.3) is 88.7 Å². The van der Waals surface area contributed by atoms with Crippen LogP contribution in [0, 0.1) is 0 Å². The van der Waals surface area contributed by atoms with Crippen LogP contribution in [0.1, 0.15) is 6.92 Å². The minimum absolute atomic E-state index is 0.916. The first-order chi connectivity index (χ1) is 25.7. The van der Waals surface area contributed by atoms with Gasteiger partial charge in [-0.05, 0) is 78.7 Å². The van der Waals surface area contributed by atoms with Gasteiger partial charge in [-0.2, -0.15) is 0 Å². The third-order valence-corrected chi connectivity index (χ3v) is 9.69. The highest BCUT2D eigenvalue weighted by atomic mass is 16.3. The van der Waals surface area contributed by atoms with Crippen LogP contribution >= 0.6 is 0 Å². The zero-order valence-corrected chi connectivity index (χ0v) is 28.8. The topological polar surface area (TPSA) is 35.9 Å². The van der Waals surface area contributed by atoms with Crippen molar-refractivity contribution in [3.8, 4) is 33.9 Å². The summed E-state index contributed by atoms with van der Waals surface area (Å²) in [5, 5.41) is 4.63. The molecule has 0 aliphatic carbocycles. The number of benzene rings is 7. The van der Waals surface area contributed by atoms with Crippen molar-refractivity contribution in [2.24, 2.45) is 0 Å². The lowest BCUT2D eigenvalue weighted by atomic mass is 10.0. The van der Waals surface area contributed by atoms with Crippen LogP contribution in [-0.2, 0) is 0 Å². The molecule has 3 heterocycles. The van der Waals surface area contributed by atoms with Crippen LogP contribution in [0.15, 0.2) is 193 Å². The Morgan fingerprint density at radius 1 is 0.519 bits per heavy atom. The highest BCUT2D eigenvalue weighted by Crippen LogP contribution is 2.40. The SMILES string of the molecule is C=C/C=C\C.c1ccc(-c2nc3ccccc3n2-c2ccc(-c3ccc(-n4c5ccccc5c5c6oc7ccccc7c6ccc54)cc3)cc2)cc1. The van der Waals surface area contributed by atoms with Gasteiger partial charge in [0.1, 0.15) is 17.0 Å². The maximum atomic E-state index is 6.47. The zero-order chi connectivity index (χ0) is 35.0. The van der Waals surface area contributed by atoms with E-state index in [9.17, 15) is 0 Å². The van der Waals surface area contributed by atoms with Crippen LogP contribution in [0.5, 0.6) is 0 Å². The zero-order valence-electron chi connectivity index (χ0n) is 28.8. The highest BCUT2D eigenvalue weighted by molar-refractivity contribution is 6.23. The monoisotopic (exact) mass is 669 g/mol. The number of hydrogen-bond donors (Lipinski definition) is 0. The summed E-state index contributed by atoms with van der Waals surface area (Å²) in [6.07, 6.45) is 5.58. The Morgan fingerprint density at radius 2 is 1.13 bits per heavy atom. The Bertz CT molecular complexity index is 2900. The van der Waals surface area contributed by atoms with Crippen molar-refractivity contribution in [2.45, 2.75) is 6.92 Å². The van der Waals surface area contributed by atoms with Gasteiger partial charge in [0, 0.05) is 33.1 Å². The van der Waals surface area contributed by atoms with E-state index in [4.69, 9.17) is 9.40 Å². The van der Waals surface area contributed by atoms with Gasteiger partial charge in [0.05, 0.1) is 27.5 Å². The van der Waals surface area contributed by atoms with Gasteiger partial charge in [-0.3, -0.25) is 4.57 Å². The van der Waals surface area contributed by atoms with Crippen LogP contribution in [0.2, 0.25) is 0 Å². The molecule has 0 unspecified atom stereocenters. The summed E-state index contributed by atoms with van der Waals surface area (Å²) >= 11 is 0. The first-order valence-electron chi connectivity index (χ1n) is 17.5. The van der Waals surface area contributed by atoms with Crippen LogP contribution in [0.3, 0.4) is 0 Å². The average molecular weight is 670 g/mol. The number of rotatable bonds is 5. The van der Waals surface area contributed by atoms with E-state index in [1.54, 1.807) is 6.08 Å². The first kappa shape index (κ1) is 31.1. The van der Waals surface area contributed by atoms with Crippen LogP contribution < -0.4 is 0 Å². The number of aromatic nitrogens is 3. The molecule has 0 spiro atoms. The smallest absolute Gasteiger partial charge is 0.145 e. The normalized spacial score (nSPS) is 11.6. The third kappa shape index (κ3) is 5.21. The highest BCUT2D eigenvalue weighted by Gasteiger charge is 2.19. The van der Waals surface area contributed by atoms with E-state index in [-0.39, 0.29) is 0 Å². The molecule has 0 aliphatic rings. The van der Waals surface area contributed by atoms with Gasteiger partial charge in [0.15, 0.2) is 0 Å². The second-order valence-corrected chi connectivity index (χ2v) is 12.8. The molecule has 10 aromatic rings. The van der Waals surface area contributed by atoms with Gasteiger partial charge < -0.3 is 8.98 Å². The summed E-state index contributed by atoms with van der Waals surface area (Å²) in [5.41, 5.74) is 11.9. The fourth-order valence-corrected chi connectivity index (χ4v) is 7.32. The lowest BCUT2D eigenvalue weighted by Crippen LogP contribution is -1.97. The fraction of sp³-hybridized carbons (Fsp3) is 0.0208. The van der Waals surface area contributed by atoms with E-state index in [1.165, 1.54) is 10.9 Å². The molecule has 52 heavy (non-hydrogen) atoms. The molecule has 0 fully saturated rings. The molecule has 0 bridgehead atoms. The number of nitrogens with zero attached hydrogens (tertiary/aromatic N) is 3. The van der Waals surface area contributed by atoms with E-state index in [1.807, 2.05) is 43.3 Å². The second kappa shape index (κ2) is 13.1. The molecule has 4 nitrogen and oxygen atoms in total. The van der Waals surface area contributed by atoms with Crippen LogP contribution in [0.4, 0.5) is 0 Å². The predicted molar refractivity (Wildman–Crippen MR) is 219 cm³/mol. The molecule has 0 aliphatic heterocycles. The Hall–Kier alpha value is -6.91. The Labute approximate surface area is 301 Å². The van der Waals surface area contributed by atoms with Gasteiger partial charge >= 0.3 is 0 Å². The predicted octanol–water partition coefficient (Wildman–Crippen LogP) is 13.1. The summed E-state index contributed by atoms with van der Waals surface area (Å²) in [6.45, 7) is 5.42. The molecule has 248 valence electrons. The molecule has 0 atom stereocenters. The summed E-state index contributed by atoms with van der Waals surface area (Å²) in [7, 11) is 0. The van der Waals surface area contributed by atoms with E-state index < -0.39 is 0 Å². The van der Waals surface area contributed by atoms with Crippen molar-refractivity contribution in [3.05, 3.63) is 189 Å². The summed E-state index contributed by atoms with van der Waals surface area (Å²) < 4.78 is 11.1. The van der Waals surface area contributed by atoms with Crippen molar-refractivity contribution in [3.63, 3.8) is 0 Å². The number of para-hydroxylation sites is 4. The van der Waals surface area contributed by atoms with Crippen molar-refractivity contribution >= 4 is 54.8 Å². The molecule has 3 aromatic heterocycles. The average Bonchev–Trinajstić information content (AvgIpc) is 3.89. The maximum Gasteiger partial charge on any atom is 0.145 e. The molecular formula is C48H35N3O. The molecule has 7 aromatic carbocycles. The molecule has 10 rings (SSSR count). The largest absolute Gasteiger partial charge is 0.455 e. The van der Waals surface area contributed by atoms with E-state index in [0.29, 0.717) is 0 Å². The molecule has 0 saturated heterocycles. The molecule has 4 heteroatoms. The minimum atomic E-state index is 0.916. The molecule has 0 saturated carbocycles. The third-order valence-electron chi connectivity index (χ3n) is 9.69. The number of allylic oxidation sites excluding steroid dienone is 3. The van der Waals surface area contributed by atoms with E-state index in [0.717, 1.165) is 77.7 Å². The molecular weight excluding hydrogens is 635 g/mol. The number of fused-ring (bicyclic) bond motifs is 8. The molecule has 0 amide bonds. The fourth-order valence-electron chi connectivity index (χ4n) is 7.32. The number of imidazole rings is 1. The van der Waals surface area contributed by atoms with E-state index >= 15 is 0 Å². The van der Waals surface area contributed by atoms with Gasteiger partial charge in [0.2, 0.25) is 0 Å². The van der Waals surface area contributed by atoms with Gasteiger partial charge in [0.25, 0.3) is 0 Å². The summed E-state index contributed by atoms with van der Waals surface area (Å²) in [4.78, 5) is 5.00. The number of furan rings is 1. The maximum absolute atomic E-state index is 6.47. The van der Waals surface area contributed by atoms with Crippen molar-refractivity contribution in [2.75, 3.05) is 0 Å². The molecule has 0 radical (unpaired) electrons. The quantitative estimate of drug-likeness (QED) is 0.171. The summed E-state index contributed by atoms with van der Waals surface area (Å²) in [5.74, 6) is 0.940. The Balaban J connectivity index is 0.000000677. The van der Waals surface area contributed by atoms with Crippen molar-refractivity contribution < 1.29 is 4.42 Å². The second-order valence-electron chi connectivity index (χ2n) is 12.8. The number of hydrogen-bond acceptors (Lipinski definition) is 2. The molecule has 0 N–H and O–H groups in total. The van der Waals surface area contributed by atoms with Gasteiger partial charge in [-0.15, -0.1) is 0 Å². The van der Waals surface area contributed by atoms with Crippen molar-refractivity contribution in [1.29, 1.82) is 0 Å². The Morgan fingerprint density at radius 3 is 1.83 bits per heavy atom. The van der Waals surface area contributed by atoms with Gasteiger partial charge in [-0.1, -0.05) is 128 Å². The van der Waals surface area contributed by atoms with Gasteiger partial charge in [-0.25, -0.2) is 4.98 Å². The van der Waals surface area contributed by atoms with Crippen molar-refractivity contribution in [1.82, 2.24) is 14.1 Å². The summed E-state index contributed by atoms with van der Waals surface area (Å²) in [6, 6.07) is 57.7. The first-order valence-corrected chi connectivity index (χ1v) is 17.5. The lowest BCUT2D eigenvalue weighted by molar-refractivity contribution is 0.673. The lowest BCUT2D eigenvalue weighted by Gasteiger charge is -2.12. The Kier molecular flexibility index (Phi) is 7.83. The minimum Gasteiger partial charge on any atom is -0.455 e. The standard InChI is InChI=1S/C43H27N3O.C5H8/c1-2-10-30(11-3-1)43-44-36-14-6-8-16-38(36)46(43)32-24-20-29(21-25-32)28-18-22-31(23-19-28)45-37-15-7-4-13-35(37)41-39(45)27-26-34-33-12-5-9-17-40(33)47-42(34)41;1-3-5-4-2/h1-27H;3-5H,1H2,2H3/b;5-4-. The van der Waals surface area contributed by atoms with E-state index in [2.05, 4.69) is 155 Å². The van der Waals surface area contributed by atoms with Crippen LogP contribution in [-0.4, -0.2) is 14.1 Å².